The molecule has 1 aromatic heterocycles. The highest BCUT2D eigenvalue weighted by Crippen LogP contribution is 2.36. The summed E-state index contributed by atoms with van der Waals surface area (Å²) in [6.45, 7) is 18.0. The molecule has 1 N–H and O–H groups in total. The normalized spacial score (nSPS) is 22.0. The van der Waals surface area contributed by atoms with Gasteiger partial charge < -0.3 is 29.0 Å². The Labute approximate surface area is 215 Å². The Morgan fingerprint density at radius 1 is 1.17 bits per heavy atom. The number of nitrogens with one attached hydrogen (secondary N) is 1. The lowest BCUT2D eigenvalue weighted by atomic mass is 9.81. The number of rotatable bonds is 7. The lowest BCUT2D eigenvalue weighted by Crippen LogP contribution is -2.54. The maximum absolute atomic E-state index is 13.3. The first kappa shape index (κ1) is 28.2. The molecule has 10 nitrogen and oxygen atoms in total. The second-order valence-electron chi connectivity index (χ2n) is 11.9. The summed E-state index contributed by atoms with van der Waals surface area (Å²) in [6.07, 6.45) is 4.34. The molecule has 0 bridgehead atoms. The Hall–Kier alpha value is -2.40. The Bertz CT molecular complexity index is 915. The fraction of sp³-hybridized carbons (Fsp3) is 0.760. The van der Waals surface area contributed by atoms with Crippen LogP contribution in [0.1, 0.15) is 75.2 Å². The number of aromatic nitrogens is 2. The minimum Gasteiger partial charge on any atom is -0.461 e. The van der Waals surface area contributed by atoms with Gasteiger partial charge in [0.15, 0.2) is 0 Å². The third kappa shape index (κ3) is 6.67. The van der Waals surface area contributed by atoms with Gasteiger partial charge in [0.05, 0.1) is 17.2 Å². The first-order valence-corrected chi connectivity index (χ1v) is 12.7. The number of carbonyl (C=O) groups is 2. The topological polar surface area (TPSA) is 112 Å². The highest BCUT2D eigenvalue weighted by Gasteiger charge is 2.52. The summed E-state index contributed by atoms with van der Waals surface area (Å²) >= 11 is 0. The molecule has 200 valence electrons. The van der Waals surface area contributed by atoms with E-state index in [9.17, 15) is 9.59 Å². The van der Waals surface area contributed by atoms with Crippen LogP contribution in [-0.4, -0.2) is 76.0 Å². The largest absolute Gasteiger partial charge is 0.498 e. The van der Waals surface area contributed by atoms with Gasteiger partial charge in [-0.15, -0.1) is 0 Å². The first-order valence-electron chi connectivity index (χ1n) is 12.7. The third-order valence-corrected chi connectivity index (χ3v) is 6.84. The van der Waals surface area contributed by atoms with Crippen molar-refractivity contribution in [3.63, 3.8) is 0 Å². The van der Waals surface area contributed by atoms with Gasteiger partial charge in [-0.3, -0.25) is 4.79 Å². The summed E-state index contributed by atoms with van der Waals surface area (Å²) in [5.41, 5.74) is -0.822. The molecule has 36 heavy (non-hydrogen) atoms. The number of amides is 2. The molecule has 2 amide bonds. The summed E-state index contributed by atoms with van der Waals surface area (Å²) in [7, 11) is -0.544. The molecular formula is C25H41BN4O6. The van der Waals surface area contributed by atoms with E-state index in [4.69, 9.17) is 18.8 Å². The molecule has 1 aromatic rings. The summed E-state index contributed by atoms with van der Waals surface area (Å²) in [5.74, 6) is -0.239. The highest BCUT2D eigenvalue weighted by molar-refractivity contribution is 6.61. The van der Waals surface area contributed by atoms with E-state index in [-0.39, 0.29) is 30.5 Å². The Morgan fingerprint density at radius 2 is 1.75 bits per heavy atom. The molecule has 2 aliphatic rings. The van der Waals surface area contributed by atoms with Crippen LogP contribution < -0.4 is 15.5 Å². The SMILES string of the molecule is CC(C)[C@H](NC(=O)OC(C)(C)C)C(=O)N1CCC[C@@H]1COc1ncc(B2OC(C)(C)C(C)(C)O2)cn1. The highest BCUT2D eigenvalue weighted by atomic mass is 16.7. The van der Waals surface area contributed by atoms with E-state index in [0.717, 1.165) is 12.8 Å². The fourth-order valence-electron chi connectivity index (χ4n) is 4.10. The lowest BCUT2D eigenvalue weighted by Gasteiger charge is -2.32. The van der Waals surface area contributed by atoms with Gasteiger partial charge in [-0.2, -0.15) is 0 Å². The number of likely N-dealkylation sites (tertiary alicyclic amines) is 1. The van der Waals surface area contributed by atoms with Gasteiger partial charge in [0.2, 0.25) is 5.91 Å². The Kier molecular flexibility index (Phi) is 8.25. The van der Waals surface area contributed by atoms with Gasteiger partial charge in [0.1, 0.15) is 18.2 Å². The third-order valence-electron chi connectivity index (χ3n) is 6.84. The van der Waals surface area contributed by atoms with E-state index in [2.05, 4.69) is 15.3 Å². The van der Waals surface area contributed by atoms with Crippen LogP contribution in [0.15, 0.2) is 12.4 Å². The maximum atomic E-state index is 13.3. The minimum atomic E-state index is -0.684. The van der Waals surface area contributed by atoms with Crippen molar-refractivity contribution in [2.24, 2.45) is 5.92 Å². The molecule has 0 aliphatic carbocycles. The monoisotopic (exact) mass is 504 g/mol. The molecule has 0 radical (unpaired) electrons. The van der Waals surface area contributed by atoms with E-state index in [1.165, 1.54) is 0 Å². The number of nitrogens with zero attached hydrogens (tertiary/aromatic N) is 3. The second-order valence-corrected chi connectivity index (χ2v) is 11.9. The molecule has 0 saturated carbocycles. The van der Waals surface area contributed by atoms with Crippen molar-refractivity contribution in [3.8, 4) is 6.01 Å². The Balaban J connectivity index is 1.58. The van der Waals surface area contributed by atoms with Gasteiger partial charge in [-0.05, 0) is 67.2 Å². The first-order chi connectivity index (χ1) is 16.6. The average Bonchev–Trinajstić information content (AvgIpc) is 3.30. The number of hydrogen-bond donors (Lipinski definition) is 1. The predicted octanol–water partition coefficient (Wildman–Crippen LogP) is 2.69. The molecule has 3 rings (SSSR count). The number of ether oxygens (including phenoxy) is 2. The second kappa shape index (κ2) is 10.5. The molecule has 11 heteroatoms. The van der Waals surface area contributed by atoms with Crippen molar-refractivity contribution in [3.05, 3.63) is 12.4 Å². The molecule has 2 fully saturated rings. The molecule has 2 saturated heterocycles. The summed E-state index contributed by atoms with van der Waals surface area (Å²) in [6, 6.07) is -0.594. The molecule has 2 atom stereocenters. The van der Waals surface area contributed by atoms with Crippen LogP contribution in [0.4, 0.5) is 4.79 Å². The quantitative estimate of drug-likeness (QED) is 0.565. The van der Waals surface area contributed by atoms with Gasteiger partial charge in [0.25, 0.3) is 0 Å². The molecule has 2 aliphatic heterocycles. The van der Waals surface area contributed by atoms with E-state index in [0.29, 0.717) is 12.0 Å². The van der Waals surface area contributed by atoms with Gasteiger partial charge in [-0.25, -0.2) is 14.8 Å². The van der Waals surface area contributed by atoms with Crippen LogP contribution in [-0.2, 0) is 18.8 Å². The van der Waals surface area contributed by atoms with Gasteiger partial charge >= 0.3 is 19.2 Å². The van der Waals surface area contributed by atoms with E-state index >= 15 is 0 Å². The van der Waals surface area contributed by atoms with Crippen molar-refractivity contribution in [2.45, 2.75) is 104 Å². The standard InChI is InChI=1S/C25H41BN4O6/c1-16(2)19(29-22(32)34-23(3,4)5)20(31)30-12-10-11-18(30)15-33-21-27-13-17(14-28-21)26-35-24(6,7)25(8,9)36-26/h13-14,16,18-19H,10-12,15H2,1-9H3,(H,29,32)/t18-,19+/m1/s1. The molecular weight excluding hydrogens is 463 g/mol. The van der Waals surface area contributed by atoms with Gasteiger partial charge in [0, 0.05) is 24.4 Å². The number of carbonyl (C=O) groups excluding carboxylic acids is 2. The molecule has 3 heterocycles. The van der Waals surface area contributed by atoms with Crippen molar-refractivity contribution in [1.82, 2.24) is 20.2 Å². The van der Waals surface area contributed by atoms with Gasteiger partial charge in [-0.1, -0.05) is 13.8 Å². The van der Waals surface area contributed by atoms with Crippen LogP contribution >= 0.6 is 0 Å². The summed E-state index contributed by atoms with van der Waals surface area (Å²) in [4.78, 5) is 36.1. The molecule has 0 spiro atoms. The maximum Gasteiger partial charge on any atom is 0.498 e. The zero-order valence-electron chi connectivity index (χ0n) is 23.1. The summed E-state index contributed by atoms with van der Waals surface area (Å²) < 4.78 is 23.3. The molecule has 0 unspecified atom stereocenters. The Morgan fingerprint density at radius 3 is 2.28 bits per heavy atom. The average molecular weight is 504 g/mol. The van der Waals surface area contributed by atoms with Crippen LogP contribution in [0.2, 0.25) is 0 Å². The predicted molar refractivity (Wildman–Crippen MR) is 136 cm³/mol. The van der Waals surface area contributed by atoms with Crippen molar-refractivity contribution in [1.29, 1.82) is 0 Å². The van der Waals surface area contributed by atoms with Crippen LogP contribution in [0.5, 0.6) is 6.01 Å². The van der Waals surface area contributed by atoms with Crippen LogP contribution in [0.25, 0.3) is 0 Å². The number of alkyl carbamates (subject to hydrolysis) is 1. The fourth-order valence-corrected chi connectivity index (χ4v) is 4.10. The van der Waals surface area contributed by atoms with Crippen molar-refractivity contribution < 1.29 is 28.4 Å². The van der Waals surface area contributed by atoms with E-state index < -0.39 is 36.1 Å². The lowest BCUT2D eigenvalue weighted by molar-refractivity contribution is -0.136. The van der Waals surface area contributed by atoms with Crippen molar-refractivity contribution in [2.75, 3.05) is 13.2 Å². The molecule has 0 aromatic carbocycles. The van der Waals surface area contributed by atoms with E-state index in [1.54, 1.807) is 38.1 Å². The van der Waals surface area contributed by atoms with Crippen molar-refractivity contribution >= 4 is 24.6 Å². The smallest absolute Gasteiger partial charge is 0.461 e. The zero-order chi connectivity index (χ0) is 26.9. The number of hydrogen-bond acceptors (Lipinski definition) is 8. The minimum absolute atomic E-state index is 0.0990. The van der Waals surface area contributed by atoms with Crippen LogP contribution in [0.3, 0.4) is 0 Å². The van der Waals surface area contributed by atoms with E-state index in [1.807, 2.05) is 41.5 Å². The van der Waals surface area contributed by atoms with Crippen LogP contribution in [0, 0.1) is 5.92 Å². The summed E-state index contributed by atoms with van der Waals surface area (Å²) in [5, 5.41) is 2.75. The zero-order valence-corrected chi connectivity index (χ0v) is 23.1.